The normalized spacial score (nSPS) is 12.4. The molecular formula is C23H39NO3. The van der Waals surface area contributed by atoms with Crippen molar-refractivity contribution in [3.8, 4) is 0 Å². The Morgan fingerprint density at radius 1 is 0.815 bits per heavy atom. The molecule has 0 unspecified atom stereocenters. The molecule has 0 radical (unpaired) electrons. The van der Waals surface area contributed by atoms with Gasteiger partial charge in [0.15, 0.2) is 6.29 Å². The van der Waals surface area contributed by atoms with Gasteiger partial charge in [-0.3, -0.25) is 4.79 Å². The molecule has 0 aromatic carbocycles. The Hall–Kier alpha value is -1.65. The highest BCUT2D eigenvalue weighted by atomic mass is 16.5. The van der Waals surface area contributed by atoms with E-state index < -0.39 is 6.29 Å². The molecule has 0 aromatic rings. The highest BCUT2D eigenvalue weighted by molar-refractivity contribution is 5.75. The summed E-state index contributed by atoms with van der Waals surface area (Å²) in [5.74, 6) is -0.0356. The Bertz CT molecular complexity index is 451. The SMILES string of the molecule is CCCCC/C=C\C/C=C\C/C=C\C/C=C\CCCC(=O)NCCC(O)O. The molecule has 0 saturated carbocycles. The maximum absolute atomic E-state index is 11.5. The van der Waals surface area contributed by atoms with Crippen LogP contribution >= 0.6 is 0 Å². The van der Waals surface area contributed by atoms with Crippen LogP contribution in [0.2, 0.25) is 0 Å². The highest BCUT2D eigenvalue weighted by Crippen LogP contribution is 2.01. The van der Waals surface area contributed by atoms with E-state index in [-0.39, 0.29) is 12.3 Å². The van der Waals surface area contributed by atoms with Crippen LogP contribution in [0, 0.1) is 0 Å². The first-order chi connectivity index (χ1) is 13.2. The largest absolute Gasteiger partial charge is 0.368 e. The number of nitrogens with one attached hydrogen (secondary N) is 1. The second-order valence-corrected chi connectivity index (χ2v) is 6.60. The summed E-state index contributed by atoms with van der Waals surface area (Å²) in [5, 5.41) is 20.0. The van der Waals surface area contributed by atoms with Crippen LogP contribution in [0.25, 0.3) is 0 Å². The number of aliphatic hydroxyl groups excluding tert-OH is 1. The van der Waals surface area contributed by atoms with Gasteiger partial charge in [0.1, 0.15) is 0 Å². The molecule has 0 atom stereocenters. The Kier molecular flexibility index (Phi) is 19.4. The zero-order valence-corrected chi connectivity index (χ0v) is 17.0. The van der Waals surface area contributed by atoms with Gasteiger partial charge < -0.3 is 15.5 Å². The number of aliphatic hydroxyl groups is 2. The number of rotatable bonds is 17. The van der Waals surface area contributed by atoms with Gasteiger partial charge in [0.25, 0.3) is 0 Å². The van der Waals surface area contributed by atoms with E-state index in [4.69, 9.17) is 10.2 Å². The average Bonchev–Trinajstić information content (AvgIpc) is 2.64. The minimum atomic E-state index is -1.35. The van der Waals surface area contributed by atoms with E-state index in [0.717, 1.165) is 32.1 Å². The third-order valence-electron chi connectivity index (χ3n) is 3.96. The summed E-state index contributed by atoms with van der Waals surface area (Å²) in [4.78, 5) is 11.5. The van der Waals surface area contributed by atoms with E-state index >= 15 is 0 Å². The van der Waals surface area contributed by atoms with Crippen molar-refractivity contribution in [3.05, 3.63) is 48.6 Å². The van der Waals surface area contributed by atoms with E-state index in [1.807, 2.05) is 0 Å². The molecule has 0 spiro atoms. The summed E-state index contributed by atoms with van der Waals surface area (Å²) in [6.45, 7) is 2.54. The van der Waals surface area contributed by atoms with E-state index in [9.17, 15) is 4.79 Å². The zero-order valence-electron chi connectivity index (χ0n) is 17.0. The lowest BCUT2D eigenvalue weighted by Gasteiger charge is -2.05. The van der Waals surface area contributed by atoms with Gasteiger partial charge in [-0.25, -0.2) is 0 Å². The molecule has 154 valence electrons. The Labute approximate surface area is 165 Å². The summed E-state index contributed by atoms with van der Waals surface area (Å²) >= 11 is 0. The van der Waals surface area contributed by atoms with Crippen molar-refractivity contribution in [2.75, 3.05) is 6.54 Å². The fraction of sp³-hybridized carbons (Fsp3) is 0.609. The predicted molar refractivity (Wildman–Crippen MR) is 114 cm³/mol. The summed E-state index contributed by atoms with van der Waals surface area (Å²) in [5.41, 5.74) is 0. The molecule has 0 heterocycles. The monoisotopic (exact) mass is 377 g/mol. The van der Waals surface area contributed by atoms with Gasteiger partial charge in [-0.1, -0.05) is 68.4 Å². The quantitative estimate of drug-likeness (QED) is 0.191. The zero-order chi connectivity index (χ0) is 20.0. The molecule has 0 aromatic heterocycles. The van der Waals surface area contributed by atoms with Crippen LogP contribution in [0.3, 0.4) is 0 Å². The van der Waals surface area contributed by atoms with E-state index in [1.165, 1.54) is 25.7 Å². The van der Waals surface area contributed by atoms with Crippen molar-refractivity contribution < 1.29 is 15.0 Å². The van der Waals surface area contributed by atoms with Gasteiger partial charge in [0.2, 0.25) is 5.91 Å². The van der Waals surface area contributed by atoms with Crippen LogP contribution in [-0.4, -0.2) is 29.0 Å². The summed E-state index contributed by atoms with van der Waals surface area (Å²) < 4.78 is 0. The smallest absolute Gasteiger partial charge is 0.220 e. The van der Waals surface area contributed by atoms with Crippen LogP contribution in [0.1, 0.15) is 77.6 Å². The molecule has 27 heavy (non-hydrogen) atoms. The molecule has 0 aliphatic heterocycles. The van der Waals surface area contributed by atoms with Crippen molar-refractivity contribution >= 4 is 5.91 Å². The summed E-state index contributed by atoms with van der Waals surface area (Å²) in [7, 11) is 0. The third kappa shape index (κ3) is 22.3. The molecule has 0 aliphatic rings. The predicted octanol–water partition coefficient (Wildman–Crippen LogP) is 4.95. The standard InChI is InChI=1S/C23H39NO3/c1-2-3-4-5-6-7-8-9-10-11-12-13-14-15-16-17-18-19-22(25)24-21-20-23(26)27/h6-7,9-10,12-13,15-16,23,26-27H,2-5,8,11,14,17-21H2,1H3,(H,24,25)/b7-6-,10-9-,13-12-,16-15-. The van der Waals surface area contributed by atoms with E-state index in [2.05, 4.69) is 60.8 Å². The van der Waals surface area contributed by atoms with Crippen molar-refractivity contribution in [2.45, 2.75) is 83.8 Å². The van der Waals surface area contributed by atoms with Gasteiger partial charge >= 0.3 is 0 Å². The van der Waals surface area contributed by atoms with E-state index in [0.29, 0.717) is 13.0 Å². The maximum Gasteiger partial charge on any atom is 0.220 e. The van der Waals surface area contributed by atoms with Crippen molar-refractivity contribution in [2.24, 2.45) is 0 Å². The van der Waals surface area contributed by atoms with Crippen LogP contribution in [0.4, 0.5) is 0 Å². The molecule has 1 amide bonds. The molecule has 4 heteroatoms. The molecule has 0 fully saturated rings. The minimum Gasteiger partial charge on any atom is -0.368 e. The van der Waals surface area contributed by atoms with Crippen LogP contribution in [0.5, 0.6) is 0 Å². The number of allylic oxidation sites excluding steroid dienone is 8. The van der Waals surface area contributed by atoms with Crippen molar-refractivity contribution in [3.63, 3.8) is 0 Å². The number of hydrogen-bond donors (Lipinski definition) is 3. The molecule has 4 nitrogen and oxygen atoms in total. The molecule has 0 rings (SSSR count). The second kappa shape index (κ2) is 20.7. The fourth-order valence-electron chi connectivity index (χ4n) is 2.37. The highest BCUT2D eigenvalue weighted by Gasteiger charge is 2.01. The topological polar surface area (TPSA) is 69.6 Å². The first kappa shape index (κ1) is 25.4. The maximum atomic E-state index is 11.5. The van der Waals surface area contributed by atoms with Gasteiger partial charge in [0.05, 0.1) is 0 Å². The second-order valence-electron chi connectivity index (χ2n) is 6.60. The lowest BCUT2D eigenvalue weighted by molar-refractivity contribution is -0.121. The number of carbonyl (C=O) groups excluding carboxylic acids is 1. The van der Waals surface area contributed by atoms with Gasteiger partial charge in [-0.2, -0.15) is 0 Å². The average molecular weight is 378 g/mol. The minimum absolute atomic E-state index is 0.0356. The van der Waals surface area contributed by atoms with E-state index in [1.54, 1.807) is 0 Å². The van der Waals surface area contributed by atoms with Crippen molar-refractivity contribution in [1.82, 2.24) is 5.32 Å². The van der Waals surface area contributed by atoms with Gasteiger partial charge in [-0.15, -0.1) is 0 Å². The first-order valence-corrected chi connectivity index (χ1v) is 10.4. The number of carbonyl (C=O) groups is 1. The number of hydrogen-bond acceptors (Lipinski definition) is 3. The van der Waals surface area contributed by atoms with Crippen LogP contribution in [0.15, 0.2) is 48.6 Å². The lowest BCUT2D eigenvalue weighted by Crippen LogP contribution is -2.26. The molecule has 0 saturated heterocycles. The fourth-order valence-corrected chi connectivity index (χ4v) is 2.37. The molecule has 3 N–H and O–H groups in total. The molecular weight excluding hydrogens is 338 g/mol. The first-order valence-electron chi connectivity index (χ1n) is 10.4. The van der Waals surface area contributed by atoms with Gasteiger partial charge in [-0.05, 0) is 44.9 Å². The van der Waals surface area contributed by atoms with Crippen LogP contribution in [-0.2, 0) is 4.79 Å². The number of unbranched alkanes of at least 4 members (excludes halogenated alkanes) is 4. The number of amides is 1. The van der Waals surface area contributed by atoms with Gasteiger partial charge in [0, 0.05) is 19.4 Å². The summed E-state index contributed by atoms with van der Waals surface area (Å²) in [6.07, 6.45) is 26.5. The third-order valence-corrected chi connectivity index (χ3v) is 3.96. The molecule has 0 bridgehead atoms. The Morgan fingerprint density at radius 2 is 1.33 bits per heavy atom. The lowest BCUT2D eigenvalue weighted by atomic mass is 10.2. The van der Waals surface area contributed by atoms with Crippen LogP contribution < -0.4 is 5.32 Å². The molecule has 0 aliphatic carbocycles. The Morgan fingerprint density at radius 3 is 1.85 bits per heavy atom. The summed E-state index contributed by atoms with van der Waals surface area (Å²) in [6, 6.07) is 0. The Balaban J connectivity index is 3.47. The van der Waals surface area contributed by atoms with Crippen molar-refractivity contribution in [1.29, 1.82) is 0 Å².